The molecule has 19 heavy (non-hydrogen) atoms. The average Bonchev–Trinajstić information content (AvgIpc) is 2.81. The molecule has 98 valence electrons. The van der Waals surface area contributed by atoms with E-state index >= 15 is 0 Å². The van der Waals surface area contributed by atoms with Crippen molar-refractivity contribution >= 4 is 17.9 Å². The predicted octanol–water partition coefficient (Wildman–Crippen LogP) is 1.18. The number of hydrogen-bond acceptors (Lipinski definition) is 4. The van der Waals surface area contributed by atoms with Crippen molar-refractivity contribution in [3.05, 3.63) is 41.5 Å². The molecule has 0 atom stereocenters. The number of amides is 1. The van der Waals surface area contributed by atoms with Crippen LogP contribution in [0.15, 0.2) is 24.4 Å². The first-order valence-electron chi connectivity index (χ1n) is 5.50. The van der Waals surface area contributed by atoms with Crippen molar-refractivity contribution in [3.63, 3.8) is 0 Å². The summed E-state index contributed by atoms with van der Waals surface area (Å²) in [6.45, 7) is 1.66. The maximum atomic E-state index is 13.1. The van der Waals surface area contributed by atoms with E-state index in [1.807, 2.05) is 0 Å². The fourth-order valence-corrected chi connectivity index (χ4v) is 1.51. The molecule has 1 aromatic carbocycles. The number of rotatable bonds is 4. The van der Waals surface area contributed by atoms with Crippen LogP contribution < -0.4 is 5.32 Å². The normalized spacial score (nSPS) is 10.2. The first-order chi connectivity index (χ1) is 9.08. The van der Waals surface area contributed by atoms with Gasteiger partial charge in [0.15, 0.2) is 6.29 Å². The zero-order valence-corrected chi connectivity index (χ0v) is 10.1. The zero-order valence-electron chi connectivity index (χ0n) is 10.1. The van der Waals surface area contributed by atoms with Gasteiger partial charge in [-0.05, 0) is 24.6 Å². The highest BCUT2D eigenvalue weighted by Gasteiger charge is 2.08. The summed E-state index contributed by atoms with van der Waals surface area (Å²) in [6, 6.07) is 4.13. The van der Waals surface area contributed by atoms with Gasteiger partial charge >= 0.3 is 0 Å². The summed E-state index contributed by atoms with van der Waals surface area (Å²) in [4.78, 5) is 22.2. The predicted molar refractivity (Wildman–Crippen MR) is 65.2 cm³/mol. The van der Waals surface area contributed by atoms with Crippen LogP contribution in [0.3, 0.4) is 0 Å². The summed E-state index contributed by atoms with van der Waals surface area (Å²) >= 11 is 0. The molecule has 0 unspecified atom stereocenters. The smallest absolute Gasteiger partial charge is 0.246 e. The molecular weight excluding hydrogens is 251 g/mol. The second kappa shape index (κ2) is 5.38. The van der Waals surface area contributed by atoms with E-state index in [9.17, 15) is 14.0 Å². The van der Waals surface area contributed by atoms with Crippen LogP contribution in [0.2, 0.25) is 0 Å². The summed E-state index contributed by atoms with van der Waals surface area (Å²) < 4.78 is 14.3. The summed E-state index contributed by atoms with van der Waals surface area (Å²) in [6.07, 6.45) is 1.89. The Balaban J connectivity index is 2.04. The highest BCUT2D eigenvalue weighted by molar-refractivity contribution is 5.91. The number of anilines is 1. The van der Waals surface area contributed by atoms with Crippen LogP contribution in [0.25, 0.3) is 0 Å². The zero-order chi connectivity index (χ0) is 13.8. The number of aromatic nitrogens is 3. The lowest BCUT2D eigenvalue weighted by Gasteiger charge is -2.08. The lowest BCUT2D eigenvalue weighted by Crippen LogP contribution is -2.19. The van der Waals surface area contributed by atoms with E-state index in [1.165, 1.54) is 23.0 Å². The van der Waals surface area contributed by atoms with Crippen LogP contribution in [0.1, 0.15) is 16.1 Å². The molecule has 0 aliphatic carbocycles. The van der Waals surface area contributed by atoms with Gasteiger partial charge in [0.05, 0.1) is 6.20 Å². The van der Waals surface area contributed by atoms with Crippen LogP contribution >= 0.6 is 0 Å². The second-order valence-electron chi connectivity index (χ2n) is 3.97. The highest BCUT2D eigenvalue weighted by Crippen LogP contribution is 2.15. The van der Waals surface area contributed by atoms with E-state index in [0.29, 0.717) is 12.0 Å². The summed E-state index contributed by atoms with van der Waals surface area (Å²) in [5.74, 6) is -0.805. The summed E-state index contributed by atoms with van der Waals surface area (Å²) in [5, 5.41) is 9.71. The molecule has 1 aromatic heterocycles. The number of hydrogen-bond donors (Lipinski definition) is 1. The number of benzene rings is 1. The molecule has 0 saturated heterocycles. The Morgan fingerprint density at radius 3 is 3.00 bits per heavy atom. The quantitative estimate of drug-likeness (QED) is 0.839. The Morgan fingerprint density at radius 2 is 2.32 bits per heavy atom. The first-order valence-corrected chi connectivity index (χ1v) is 5.50. The van der Waals surface area contributed by atoms with Crippen LogP contribution in [0.4, 0.5) is 10.1 Å². The van der Waals surface area contributed by atoms with Gasteiger partial charge in [-0.3, -0.25) is 9.59 Å². The molecule has 0 aliphatic heterocycles. The van der Waals surface area contributed by atoms with Crippen LogP contribution in [0, 0.1) is 12.7 Å². The number of nitrogens with one attached hydrogen (secondary N) is 1. The van der Waals surface area contributed by atoms with Crippen LogP contribution in [0.5, 0.6) is 0 Å². The molecule has 6 nitrogen and oxygen atoms in total. The first kappa shape index (κ1) is 12.9. The molecule has 2 rings (SSSR count). The van der Waals surface area contributed by atoms with Gasteiger partial charge in [-0.2, -0.15) is 0 Å². The Morgan fingerprint density at radius 1 is 1.53 bits per heavy atom. The molecule has 1 N–H and O–H groups in total. The molecule has 0 radical (unpaired) electrons. The molecule has 0 bridgehead atoms. The van der Waals surface area contributed by atoms with E-state index in [1.54, 1.807) is 13.0 Å². The van der Waals surface area contributed by atoms with Crippen molar-refractivity contribution in [1.29, 1.82) is 0 Å². The fourth-order valence-electron chi connectivity index (χ4n) is 1.51. The van der Waals surface area contributed by atoms with Gasteiger partial charge in [0.25, 0.3) is 0 Å². The Labute approximate surface area is 108 Å². The highest BCUT2D eigenvalue weighted by atomic mass is 19.1. The van der Waals surface area contributed by atoms with Crippen molar-refractivity contribution in [3.8, 4) is 0 Å². The van der Waals surface area contributed by atoms with Gasteiger partial charge in [0, 0.05) is 5.69 Å². The molecule has 0 fully saturated rings. The number of carbonyl (C=O) groups is 2. The number of nitrogens with zero attached hydrogens (tertiary/aromatic N) is 3. The molecule has 0 aliphatic rings. The minimum Gasteiger partial charge on any atom is -0.324 e. The maximum Gasteiger partial charge on any atom is 0.246 e. The molecule has 7 heteroatoms. The fraction of sp³-hybridized carbons (Fsp3) is 0.167. The van der Waals surface area contributed by atoms with Gasteiger partial charge in [0.1, 0.15) is 18.1 Å². The average molecular weight is 262 g/mol. The monoisotopic (exact) mass is 262 g/mol. The van der Waals surface area contributed by atoms with Crippen molar-refractivity contribution in [2.24, 2.45) is 0 Å². The third kappa shape index (κ3) is 3.21. The number of aryl methyl sites for hydroxylation is 1. The minimum absolute atomic E-state index is 0.100. The van der Waals surface area contributed by atoms with E-state index in [0.717, 1.165) is 5.56 Å². The van der Waals surface area contributed by atoms with E-state index in [2.05, 4.69) is 15.6 Å². The third-order valence-electron chi connectivity index (χ3n) is 2.46. The minimum atomic E-state index is -0.426. The lowest BCUT2D eigenvalue weighted by atomic mass is 10.2. The van der Waals surface area contributed by atoms with Crippen molar-refractivity contribution in [2.45, 2.75) is 13.5 Å². The molecule has 1 amide bonds. The Hall–Kier alpha value is -2.57. The SMILES string of the molecule is Cc1ccc(F)cc1NC(=O)Cn1cc(C=O)nn1. The molecular formula is C12H11FN4O2. The number of halogens is 1. The van der Waals surface area contributed by atoms with Crippen LogP contribution in [-0.2, 0) is 11.3 Å². The van der Waals surface area contributed by atoms with Crippen molar-refractivity contribution in [1.82, 2.24) is 15.0 Å². The standard InChI is InChI=1S/C12H11FN4O2/c1-8-2-3-9(13)4-11(8)14-12(19)6-17-5-10(7-18)15-16-17/h2-5,7H,6H2,1H3,(H,14,19). The number of carbonyl (C=O) groups excluding carboxylic acids is 2. The van der Waals surface area contributed by atoms with Gasteiger partial charge in [-0.25, -0.2) is 9.07 Å². The largest absolute Gasteiger partial charge is 0.324 e. The Bertz CT molecular complexity index is 624. The van der Waals surface area contributed by atoms with Crippen LogP contribution in [-0.4, -0.2) is 27.2 Å². The van der Waals surface area contributed by atoms with Gasteiger partial charge in [-0.15, -0.1) is 5.10 Å². The molecule has 0 saturated carbocycles. The number of aldehydes is 1. The lowest BCUT2D eigenvalue weighted by molar-refractivity contribution is -0.116. The Kier molecular flexibility index (Phi) is 3.65. The second-order valence-corrected chi connectivity index (χ2v) is 3.97. The van der Waals surface area contributed by atoms with Gasteiger partial charge in [0.2, 0.25) is 5.91 Å². The molecule has 1 heterocycles. The maximum absolute atomic E-state index is 13.1. The van der Waals surface area contributed by atoms with E-state index < -0.39 is 5.82 Å². The molecule has 2 aromatic rings. The third-order valence-corrected chi connectivity index (χ3v) is 2.46. The van der Waals surface area contributed by atoms with Crippen molar-refractivity contribution in [2.75, 3.05) is 5.32 Å². The molecule has 0 spiro atoms. The summed E-state index contributed by atoms with van der Waals surface area (Å²) in [7, 11) is 0. The van der Waals surface area contributed by atoms with Crippen molar-refractivity contribution < 1.29 is 14.0 Å². The topological polar surface area (TPSA) is 76.9 Å². The van der Waals surface area contributed by atoms with E-state index in [-0.39, 0.29) is 18.1 Å². The summed E-state index contributed by atoms with van der Waals surface area (Å²) in [5.41, 5.74) is 1.30. The van der Waals surface area contributed by atoms with E-state index in [4.69, 9.17) is 0 Å². The van der Waals surface area contributed by atoms with Gasteiger partial charge < -0.3 is 5.32 Å². The van der Waals surface area contributed by atoms with Gasteiger partial charge in [-0.1, -0.05) is 11.3 Å².